The molecule has 0 aliphatic rings. The van der Waals surface area contributed by atoms with Crippen LogP contribution in [-0.4, -0.2) is 15.0 Å². The minimum Gasteiger partial charge on any atom is -0.359 e. The highest BCUT2D eigenvalue weighted by molar-refractivity contribution is 6.34. The summed E-state index contributed by atoms with van der Waals surface area (Å²) in [5, 5.41) is 12.4. The Hall–Kier alpha value is -2.06. The second-order valence-corrected chi connectivity index (χ2v) is 4.09. The van der Waals surface area contributed by atoms with Gasteiger partial charge in [0, 0.05) is 18.6 Å². The first-order valence-electron chi connectivity index (χ1n) is 5.56. The van der Waals surface area contributed by atoms with Crippen molar-refractivity contribution in [3.8, 4) is 6.07 Å². The third-order valence-electron chi connectivity index (χ3n) is 2.58. The maximum absolute atomic E-state index is 8.91. The molecule has 0 spiro atoms. The van der Waals surface area contributed by atoms with Crippen LogP contribution < -0.4 is 5.32 Å². The van der Waals surface area contributed by atoms with E-state index in [1.807, 2.05) is 13.0 Å². The largest absolute Gasteiger partial charge is 0.359 e. The summed E-state index contributed by atoms with van der Waals surface area (Å²) in [5.74, 6) is 1.32. The molecule has 2 aromatic heterocycles. The van der Waals surface area contributed by atoms with Crippen molar-refractivity contribution >= 4 is 17.4 Å². The SMILES string of the molecule is CCC(Nc1nccc(C#N)c1Cl)c1ncc[nH]1. The van der Waals surface area contributed by atoms with Crippen molar-refractivity contribution in [3.63, 3.8) is 0 Å². The summed E-state index contributed by atoms with van der Waals surface area (Å²) in [5.41, 5.74) is 0.406. The van der Waals surface area contributed by atoms with Gasteiger partial charge >= 0.3 is 0 Å². The Morgan fingerprint density at radius 1 is 1.50 bits per heavy atom. The van der Waals surface area contributed by atoms with Gasteiger partial charge in [0.1, 0.15) is 22.7 Å². The lowest BCUT2D eigenvalue weighted by atomic mass is 10.2. The van der Waals surface area contributed by atoms with Gasteiger partial charge in [-0.3, -0.25) is 0 Å². The molecule has 6 heteroatoms. The highest BCUT2D eigenvalue weighted by Gasteiger charge is 2.15. The average Bonchev–Trinajstić information content (AvgIpc) is 2.91. The Morgan fingerprint density at radius 3 is 2.94 bits per heavy atom. The van der Waals surface area contributed by atoms with E-state index in [9.17, 15) is 0 Å². The van der Waals surface area contributed by atoms with Gasteiger partial charge in [0.15, 0.2) is 0 Å². The molecule has 5 nitrogen and oxygen atoms in total. The fourth-order valence-corrected chi connectivity index (χ4v) is 1.84. The molecule has 2 N–H and O–H groups in total. The number of imidazole rings is 1. The van der Waals surface area contributed by atoms with E-state index in [1.165, 1.54) is 0 Å². The van der Waals surface area contributed by atoms with E-state index in [0.29, 0.717) is 16.4 Å². The predicted molar refractivity (Wildman–Crippen MR) is 69.2 cm³/mol. The maximum atomic E-state index is 8.91. The van der Waals surface area contributed by atoms with Crippen LogP contribution in [0.25, 0.3) is 0 Å². The van der Waals surface area contributed by atoms with Crippen molar-refractivity contribution in [2.45, 2.75) is 19.4 Å². The average molecular weight is 262 g/mol. The molecule has 18 heavy (non-hydrogen) atoms. The van der Waals surface area contributed by atoms with Crippen molar-refractivity contribution in [2.75, 3.05) is 5.32 Å². The Bertz CT molecular complexity index is 558. The number of anilines is 1. The highest BCUT2D eigenvalue weighted by Crippen LogP contribution is 2.27. The molecule has 2 aromatic rings. The van der Waals surface area contributed by atoms with Crippen molar-refractivity contribution in [2.24, 2.45) is 0 Å². The van der Waals surface area contributed by atoms with Crippen molar-refractivity contribution in [3.05, 3.63) is 41.1 Å². The molecule has 0 aromatic carbocycles. The van der Waals surface area contributed by atoms with Crippen LogP contribution in [0.5, 0.6) is 0 Å². The number of aromatic amines is 1. The molecule has 2 rings (SSSR count). The molecule has 1 atom stereocenters. The molecular formula is C12H12ClN5. The van der Waals surface area contributed by atoms with Gasteiger partial charge in [0.25, 0.3) is 0 Å². The van der Waals surface area contributed by atoms with E-state index in [4.69, 9.17) is 16.9 Å². The number of hydrogen-bond donors (Lipinski definition) is 2. The van der Waals surface area contributed by atoms with Crippen LogP contribution in [0.3, 0.4) is 0 Å². The normalized spacial score (nSPS) is 11.8. The van der Waals surface area contributed by atoms with Crippen molar-refractivity contribution in [1.82, 2.24) is 15.0 Å². The van der Waals surface area contributed by atoms with Gasteiger partial charge < -0.3 is 10.3 Å². The predicted octanol–water partition coefficient (Wildman–Crippen LogP) is 2.89. The van der Waals surface area contributed by atoms with Gasteiger partial charge in [-0.15, -0.1) is 0 Å². The molecular weight excluding hydrogens is 250 g/mol. The topological polar surface area (TPSA) is 77.4 Å². The van der Waals surface area contributed by atoms with E-state index in [1.54, 1.807) is 24.7 Å². The third kappa shape index (κ3) is 2.44. The molecule has 0 amide bonds. The van der Waals surface area contributed by atoms with Crippen LogP contribution in [0.1, 0.15) is 30.8 Å². The monoisotopic (exact) mass is 261 g/mol. The lowest BCUT2D eigenvalue weighted by Gasteiger charge is -2.16. The number of nitrogens with zero attached hydrogens (tertiary/aromatic N) is 3. The number of rotatable bonds is 4. The zero-order chi connectivity index (χ0) is 13.0. The molecule has 0 fully saturated rings. The molecule has 1 unspecified atom stereocenters. The number of halogens is 1. The lowest BCUT2D eigenvalue weighted by molar-refractivity contribution is 0.700. The zero-order valence-corrected chi connectivity index (χ0v) is 10.6. The summed E-state index contributed by atoms with van der Waals surface area (Å²) in [4.78, 5) is 11.4. The Balaban J connectivity index is 2.26. The minimum absolute atomic E-state index is 0.0149. The zero-order valence-electron chi connectivity index (χ0n) is 9.81. The van der Waals surface area contributed by atoms with Crippen LogP contribution in [0.4, 0.5) is 5.82 Å². The van der Waals surface area contributed by atoms with Gasteiger partial charge in [0.2, 0.25) is 0 Å². The quantitative estimate of drug-likeness (QED) is 0.887. The first kappa shape index (κ1) is 12.4. The Labute approximate surface area is 110 Å². The number of hydrogen-bond acceptors (Lipinski definition) is 4. The summed E-state index contributed by atoms with van der Waals surface area (Å²) >= 11 is 6.09. The van der Waals surface area contributed by atoms with Crippen molar-refractivity contribution < 1.29 is 0 Å². The van der Waals surface area contributed by atoms with Gasteiger partial charge in [0.05, 0.1) is 11.6 Å². The first-order chi connectivity index (χ1) is 8.76. The summed E-state index contributed by atoms with van der Waals surface area (Å²) in [6.45, 7) is 2.03. The molecule has 0 radical (unpaired) electrons. The van der Waals surface area contributed by atoms with Crippen molar-refractivity contribution in [1.29, 1.82) is 5.26 Å². The van der Waals surface area contributed by atoms with Crippen LogP contribution in [0.15, 0.2) is 24.7 Å². The third-order valence-corrected chi connectivity index (χ3v) is 2.96. The lowest BCUT2D eigenvalue weighted by Crippen LogP contribution is -2.13. The summed E-state index contributed by atoms with van der Waals surface area (Å²) in [7, 11) is 0. The summed E-state index contributed by atoms with van der Waals surface area (Å²) in [6, 6.07) is 3.60. The van der Waals surface area contributed by atoms with Gasteiger partial charge in [-0.05, 0) is 12.5 Å². The second-order valence-electron chi connectivity index (χ2n) is 3.71. The van der Waals surface area contributed by atoms with E-state index in [-0.39, 0.29) is 6.04 Å². The van der Waals surface area contributed by atoms with Crippen LogP contribution in [-0.2, 0) is 0 Å². The number of nitriles is 1. The standard InChI is InChI=1S/C12H12ClN5/c1-2-9(11-16-5-6-17-11)18-12-10(13)8(7-14)3-4-15-12/h3-6,9H,2H2,1H3,(H,15,18)(H,16,17). The molecule has 2 heterocycles. The first-order valence-corrected chi connectivity index (χ1v) is 5.94. The highest BCUT2D eigenvalue weighted by atomic mass is 35.5. The molecule has 0 saturated carbocycles. The summed E-state index contributed by atoms with van der Waals surface area (Å²) in [6.07, 6.45) is 5.84. The van der Waals surface area contributed by atoms with E-state index >= 15 is 0 Å². The number of nitrogens with one attached hydrogen (secondary N) is 2. The Morgan fingerprint density at radius 2 is 2.33 bits per heavy atom. The molecule has 0 bridgehead atoms. The smallest absolute Gasteiger partial charge is 0.146 e. The number of pyridine rings is 1. The van der Waals surface area contributed by atoms with E-state index < -0.39 is 0 Å². The fraction of sp³-hybridized carbons (Fsp3) is 0.250. The van der Waals surface area contributed by atoms with Crippen LogP contribution >= 0.6 is 11.6 Å². The van der Waals surface area contributed by atoms with Gasteiger partial charge in [-0.25, -0.2) is 9.97 Å². The minimum atomic E-state index is -0.0149. The number of aromatic nitrogens is 3. The Kier molecular flexibility index (Phi) is 3.80. The van der Waals surface area contributed by atoms with Crippen LogP contribution in [0, 0.1) is 11.3 Å². The van der Waals surface area contributed by atoms with E-state index in [2.05, 4.69) is 20.3 Å². The van der Waals surface area contributed by atoms with E-state index in [0.717, 1.165) is 12.2 Å². The molecule has 0 aliphatic heterocycles. The second kappa shape index (κ2) is 5.52. The summed E-state index contributed by atoms with van der Waals surface area (Å²) < 4.78 is 0. The fourth-order valence-electron chi connectivity index (χ4n) is 1.63. The van der Waals surface area contributed by atoms with Gasteiger partial charge in [-0.1, -0.05) is 18.5 Å². The molecule has 0 aliphatic carbocycles. The molecule has 92 valence electrons. The maximum Gasteiger partial charge on any atom is 0.146 e. The van der Waals surface area contributed by atoms with Crippen LogP contribution in [0.2, 0.25) is 5.02 Å². The van der Waals surface area contributed by atoms with Gasteiger partial charge in [-0.2, -0.15) is 5.26 Å². The molecule has 0 saturated heterocycles. The number of H-pyrrole nitrogens is 1.